The van der Waals surface area contributed by atoms with Crippen molar-refractivity contribution < 1.29 is 8.42 Å². The minimum atomic E-state index is -3.53. The van der Waals surface area contributed by atoms with E-state index >= 15 is 0 Å². The second-order valence-corrected chi connectivity index (χ2v) is 7.36. The number of anilines is 1. The van der Waals surface area contributed by atoms with Gasteiger partial charge in [-0.3, -0.25) is 4.72 Å². The Bertz CT molecular complexity index is 934. The van der Waals surface area contributed by atoms with Gasteiger partial charge in [0, 0.05) is 25.9 Å². The van der Waals surface area contributed by atoms with Crippen LogP contribution in [0.25, 0.3) is 16.8 Å². The maximum absolute atomic E-state index is 11.9. The first kappa shape index (κ1) is 16.2. The Balaban J connectivity index is 1.89. The molecule has 24 heavy (non-hydrogen) atoms. The van der Waals surface area contributed by atoms with Crippen molar-refractivity contribution in [2.75, 3.05) is 18.8 Å². The first-order valence-corrected chi connectivity index (χ1v) is 8.80. The van der Waals surface area contributed by atoms with Crippen molar-refractivity contribution in [2.45, 2.75) is 0 Å². The largest absolute Gasteiger partial charge is 0.301 e. The van der Waals surface area contributed by atoms with E-state index in [1.165, 1.54) is 14.1 Å². The van der Waals surface area contributed by atoms with E-state index in [9.17, 15) is 8.42 Å². The van der Waals surface area contributed by atoms with Crippen LogP contribution in [0.1, 0.15) is 0 Å². The smallest absolute Gasteiger partial charge is 0.271 e. The van der Waals surface area contributed by atoms with Gasteiger partial charge in [0.25, 0.3) is 0 Å². The van der Waals surface area contributed by atoms with Gasteiger partial charge in [-0.1, -0.05) is 30.3 Å². The second kappa shape index (κ2) is 6.46. The summed E-state index contributed by atoms with van der Waals surface area (Å²) in [6.07, 6.45) is 3.67. The van der Waals surface area contributed by atoms with E-state index in [4.69, 9.17) is 0 Å². The first-order valence-electron chi connectivity index (χ1n) is 7.36. The quantitative estimate of drug-likeness (QED) is 0.775. The van der Waals surface area contributed by atoms with E-state index in [2.05, 4.69) is 9.82 Å². The molecule has 0 bridgehead atoms. The molecular formula is C17H18N4O2S. The molecule has 0 aliphatic heterocycles. The molecule has 0 atom stereocenters. The third kappa shape index (κ3) is 3.47. The summed E-state index contributed by atoms with van der Waals surface area (Å²) in [5, 5.41) is 4.37. The van der Waals surface area contributed by atoms with Gasteiger partial charge >= 0.3 is 10.2 Å². The molecule has 0 saturated heterocycles. The molecule has 1 aromatic heterocycles. The van der Waals surface area contributed by atoms with Crippen molar-refractivity contribution in [2.24, 2.45) is 0 Å². The Morgan fingerprint density at radius 3 is 2.46 bits per heavy atom. The van der Waals surface area contributed by atoms with Crippen molar-refractivity contribution in [1.29, 1.82) is 0 Å². The maximum atomic E-state index is 11.9. The number of hydrogen-bond donors (Lipinski definition) is 1. The molecule has 1 heterocycles. The summed E-state index contributed by atoms with van der Waals surface area (Å²) in [5.74, 6) is 0. The average molecular weight is 342 g/mol. The van der Waals surface area contributed by atoms with Crippen LogP contribution in [0.4, 0.5) is 5.69 Å². The van der Waals surface area contributed by atoms with E-state index in [1.54, 1.807) is 23.0 Å². The summed E-state index contributed by atoms with van der Waals surface area (Å²) >= 11 is 0. The molecule has 6 nitrogen and oxygen atoms in total. The first-order chi connectivity index (χ1) is 11.5. The van der Waals surface area contributed by atoms with Gasteiger partial charge in [-0.25, -0.2) is 4.68 Å². The number of hydrogen-bond acceptors (Lipinski definition) is 3. The fourth-order valence-electron chi connectivity index (χ4n) is 2.20. The van der Waals surface area contributed by atoms with Crippen LogP contribution in [0.3, 0.4) is 0 Å². The maximum Gasteiger partial charge on any atom is 0.301 e. The van der Waals surface area contributed by atoms with E-state index in [0.717, 1.165) is 21.1 Å². The minimum absolute atomic E-state index is 0.508. The number of rotatable bonds is 5. The molecule has 7 heteroatoms. The fourth-order valence-corrected chi connectivity index (χ4v) is 2.80. The molecule has 1 N–H and O–H groups in total. The molecular weight excluding hydrogens is 324 g/mol. The zero-order valence-corrected chi connectivity index (χ0v) is 14.2. The molecule has 0 aliphatic rings. The lowest BCUT2D eigenvalue weighted by Gasteiger charge is -2.13. The zero-order valence-electron chi connectivity index (χ0n) is 13.4. The summed E-state index contributed by atoms with van der Waals surface area (Å²) in [6, 6.07) is 17.0. The van der Waals surface area contributed by atoms with Crippen LogP contribution in [0, 0.1) is 0 Å². The van der Waals surface area contributed by atoms with Crippen LogP contribution in [0.5, 0.6) is 0 Å². The molecule has 3 aromatic rings. The summed E-state index contributed by atoms with van der Waals surface area (Å²) in [6.45, 7) is 0. The van der Waals surface area contributed by atoms with Gasteiger partial charge in [-0.2, -0.15) is 17.8 Å². The summed E-state index contributed by atoms with van der Waals surface area (Å²) in [7, 11) is -0.561. The van der Waals surface area contributed by atoms with E-state index in [-0.39, 0.29) is 0 Å². The topological polar surface area (TPSA) is 67.2 Å². The van der Waals surface area contributed by atoms with Crippen LogP contribution < -0.4 is 4.72 Å². The van der Waals surface area contributed by atoms with Crippen molar-refractivity contribution in [3.8, 4) is 16.8 Å². The Morgan fingerprint density at radius 2 is 1.75 bits per heavy atom. The molecule has 3 rings (SSSR count). The van der Waals surface area contributed by atoms with Gasteiger partial charge in [-0.15, -0.1) is 0 Å². The van der Waals surface area contributed by atoms with Crippen LogP contribution in [0.15, 0.2) is 67.0 Å². The predicted octanol–water partition coefficient (Wildman–Crippen LogP) is 2.76. The van der Waals surface area contributed by atoms with Crippen LogP contribution in [-0.4, -0.2) is 36.6 Å². The lowest BCUT2D eigenvalue weighted by Crippen LogP contribution is -2.28. The Hall–Kier alpha value is -2.64. The molecule has 124 valence electrons. The van der Waals surface area contributed by atoms with Gasteiger partial charge in [0.15, 0.2) is 0 Å². The van der Waals surface area contributed by atoms with E-state index in [0.29, 0.717) is 5.69 Å². The highest BCUT2D eigenvalue weighted by molar-refractivity contribution is 7.90. The lowest BCUT2D eigenvalue weighted by molar-refractivity contribution is 0.527. The van der Waals surface area contributed by atoms with Crippen LogP contribution in [0.2, 0.25) is 0 Å². The Labute approximate surface area is 141 Å². The third-order valence-corrected chi connectivity index (χ3v) is 4.98. The fraction of sp³-hybridized carbons (Fsp3) is 0.118. The van der Waals surface area contributed by atoms with Crippen molar-refractivity contribution in [3.05, 3.63) is 67.0 Å². The highest BCUT2D eigenvalue weighted by Crippen LogP contribution is 2.24. The molecule has 0 amide bonds. The molecule has 0 spiro atoms. The molecule has 0 fully saturated rings. The lowest BCUT2D eigenvalue weighted by atomic mass is 10.1. The molecule has 0 unspecified atom stereocenters. The third-order valence-electron chi connectivity index (χ3n) is 3.53. The van der Waals surface area contributed by atoms with Crippen molar-refractivity contribution in [1.82, 2.24) is 14.1 Å². The molecule has 0 radical (unpaired) electrons. The van der Waals surface area contributed by atoms with E-state index in [1.807, 2.05) is 48.7 Å². The van der Waals surface area contributed by atoms with E-state index < -0.39 is 10.2 Å². The second-order valence-electron chi connectivity index (χ2n) is 5.48. The van der Waals surface area contributed by atoms with Gasteiger partial charge < -0.3 is 0 Å². The number of nitrogens with one attached hydrogen (secondary N) is 1. The highest BCUT2D eigenvalue weighted by atomic mass is 32.2. The Morgan fingerprint density at radius 1 is 1.00 bits per heavy atom. The number of benzene rings is 2. The minimum Gasteiger partial charge on any atom is -0.271 e. The van der Waals surface area contributed by atoms with Gasteiger partial charge in [0.05, 0.1) is 17.6 Å². The summed E-state index contributed by atoms with van der Waals surface area (Å²) in [4.78, 5) is 0. The Kier molecular flexibility index (Phi) is 4.37. The standard InChI is InChI=1S/C17H18N4O2S/c1-20(2)24(22,23)19-16-8-6-7-14(11-16)15-12-18-21(13-15)17-9-4-3-5-10-17/h3-13,19H,1-2H3. The molecule has 0 aliphatic carbocycles. The normalized spacial score (nSPS) is 11.6. The summed E-state index contributed by atoms with van der Waals surface area (Å²) < 4.78 is 29.3. The molecule has 2 aromatic carbocycles. The van der Waals surface area contributed by atoms with Crippen molar-refractivity contribution >= 4 is 15.9 Å². The number of aromatic nitrogens is 2. The zero-order chi connectivity index (χ0) is 17.2. The average Bonchev–Trinajstić information content (AvgIpc) is 3.05. The number of para-hydroxylation sites is 1. The van der Waals surface area contributed by atoms with Crippen molar-refractivity contribution in [3.63, 3.8) is 0 Å². The predicted molar refractivity (Wildman–Crippen MR) is 95.2 cm³/mol. The van der Waals surface area contributed by atoms with Crippen LogP contribution in [-0.2, 0) is 10.2 Å². The number of nitrogens with zero attached hydrogens (tertiary/aromatic N) is 3. The monoisotopic (exact) mass is 342 g/mol. The van der Waals surface area contributed by atoms with Gasteiger partial charge in [0.2, 0.25) is 0 Å². The highest BCUT2D eigenvalue weighted by Gasteiger charge is 2.13. The SMILES string of the molecule is CN(C)S(=O)(=O)Nc1cccc(-c2cnn(-c3ccccc3)c2)c1. The van der Waals surface area contributed by atoms with Crippen LogP contribution >= 0.6 is 0 Å². The van der Waals surface area contributed by atoms with Gasteiger partial charge in [0.1, 0.15) is 0 Å². The summed E-state index contributed by atoms with van der Waals surface area (Å²) in [5.41, 5.74) is 3.27. The van der Waals surface area contributed by atoms with Gasteiger partial charge in [-0.05, 0) is 29.8 Å². The molecule has 0 saturated carbocycles.